The molecule has 120 valence electrons. The Kier molecular flexibility index (Phi) is 3.56. The Morgan fingerprint density at radius 3 is 2.48 bits per heavy atom. The lowest BCUT2D eigenvalue weighted by Crippen LogP contribution is -2.14. The molecule has 1 heterocycles. The van der Waals surface area contributed by atoms with E-state index in [1.165, 1.54) is 18.2 Å². The second kappa shape index (κ2) is 5.31. The molecule has 0 aliphatic carbocycles. The van der Waals surface area contributed by atoms with Crippen LogP contribution in [-0.4, -0.2) is 13.4 Å². The number of aromatic nitrogens is 1. The standard InChI is InChI=1S/C15H11F3N2O2S/c1-8-2-3-12(10(17)4-8)20-23(21,22)14-7-19-13-6-9(16)5-11(18)15(13)14/h2-7,19-20H,1H3. The molecule has 2 N–H and O–H groups in total. The number of aromatic amines is 1. The molecule has 3 rings (SSSR count). The molecule has 0 radical (unpaired) electrons. The zero-order valence-electron chi connectivity index (χ0n) is 11.8. The average molecular weight is 340 g/mol. The summed E-state index contributed by atoms with van der Waals surface area (Å²) < 4.78 is 67.7. The predicted octanol–water partition coefficient (Wildman–Crippen LogP) is 3.69. The lowest BCUT2D eigenvalue weighted by Gasteiger charge is -2.09. The van der Waals surface area contributed by atoms with Gasteiger partial charge in [-0.15, -0.1) is 0 Å². The summed E-state index contributed by atoms with van der Waals surface area (Å²) in [7, 11) is -4.25. The highest BCUT2D eigenvalue weighted by atomic mass is 32.2. The van der Waals surface area contributed by atoms with E-state index in [1.807, 2.05) is 0 Å². The average Bonchev–Trinajstić information content (AvgIpc) is 2.86. The van der Waals surface area contributed by atoms with Crippen molar-refractivity contribution in [2.75, 3.05) is 4.72 Å². The molecule has 0 aliphatic heterocycles. The largest absolute Gasteiger partial charge is 0.360 e. The second-order valence-electron chi connectivity index (χ2n) is 5.05. The van der Waals surface area contributed by atoms with Crippen LogP contribution in [0.2, 0.25) is 0 Å². The molecular weight excluding hydrogens is 329 g/mol. The van der Waals surface area contributed by atoms with Gasteiger partial charge in [-0.1, -0.05) is 6.07 Å². The number of sulfonamides is 1. The molecule has 0 saturated heterocycles. The van der Waals surface area contributed by atoms with Crippen LogP contribution in [0.1, 0.15) is 5.56 Å². The molecule has 2 aromatic carbocycles. The van der Waals surface area contributed by atoms with E-state index in [4.69, 9.17) is 0 Å². The van der Waals surface area contributed by atoms with Crippen molar-refractivity contribution in [2.45, 2.75) is 11.8 Å². The summed E-state index contributed by atoms with van der Waals surface area (Å²) in [6, 6.07) is 5.54. The van der Waals surface area contributed by atoms with Gasteiger partial charge in [0.15, 0.2) is 0 Å². The number of halogens is 3. The van der Waals surface area contributed by atoms with Crippen molar-refractivity contribution < 1.29 is 21.6 Å². The van der Waals surface area contributed by atoms with Gasteiger partial charge < -0.3 is 4.98 Å². The van der Waals surface area contributed by atoms with Crippen LogP contribution >= 0.6 is 0 Å². The van der Waals surface area contributed by atoms with Crippen molar-refractivity contribution in [3.05, 3.63) is 59.5 Å². The highest BCUT2D eigenvalue weighted by Crippen LogP contribution is 2.28. The van der Waals surface area contributed by atoms with Gasteiger partial charge in [-0.25, -0.2) is 21.6 Å². The van der Waals surface area contributed by atoms with Crippen LogP contribution in [0.4, 0.5) is 18.9 Å². The van der Waals surface area contributed by atoms with E-state index in [1.54, 1.807) is 6.92 Å². The van der Waals surface area contributed by atoms with Crippen molar-refractivity contribution in [3.63, 3.8) is 0 Å². The summed E-state index contributed by atoms with van der Waals surface area (Å²) in [5.74, 6) is -2.61. The second-order valence-corrected chi connectivity index (χ2v) is 6.70. The number of aryl methyl sites for hydroxylation is 1. The van der Waals surface area contributed by atoms with Crippen molar-refractivity contribution in [3.8, 4) is 0 Å². The summed E-state index contributed by atoms with van der Waals surface area (Å²) in [6.07, 6.45) is 1.03. The highest BCUT2D eigenvalue weighted by Gasteiger charge is 2.23. The molecule has 0 amide bonds. The molecule has 0 aliphatic rings. The number of hydrogen-bond donors (Lipinski definition) is 2. The van der Waals surface area contributed by atoms with Crippen molar-refractivity contribution >= 4 is 26.6 Å². The summed E-state index contributed by atoms with van der Waals surface area (Å²) in [5.41, 5.74) is 0.360. The lowest BCUT2D eigenvalue weighted by atomic mass is 10.2. The summed E-state index contributed by atoms with van der Waals surface area (Å²) in [4.78, 5) is 2.07. The maximum atomic E-state index is 13.9. The fourth-order valence-electron chi connectivity index (χ4n) is 2.27. The number of hydrogen-bond acceptors (Lipinski definition) is 2. The topological polar surface area (TPSA) is 62.0 Å². The first-order valence-corrected chi connectivity index (χ1v) is 8.01. The van der Waals surface area contributed by atoms with Crippen LogP contribution in [0.25, 0.3) is 10.9 Å². The Bertz CT molecular complexity index is 1010. The normalized spacial score (nSPS) is 11.8. The van der Waals surface area contributed by atoms with Gasteiger partial charge >= 0.3 is 0 Å². The van der Waals surface area contributed by atoms with E-state index in [9.17, 15) is 21.6 Å². The van der Waals surface area contributed by atoms with Gasteiger partial charge in [0.1, 0.15) is 22.3 Å². The number of fused-ring (bicyclic) bond motifs is 1. The van der Waals surface area contributed by atoms with Gasteiger partial charge in [-0.2, -0.15) is 0 Å². The molecule has 0 unspecified atom stereocenters. The lowest BCUT2D eigenvalue weighted by molar-refractivity contribution is 0.587. The van der Waals surface area contributed by atoms with E-state index < -0.39 is 32.4 Å². The van der Waals surface area contributed by atoms with Gasteiger partial charge in [0, 0.05) is 12.3 Å². The Labute approximate surface area is 130 Å². The zero-order chi connectivity index (χ0) is 16.8. The van der Waals surface area contributed by atoms with E-state index >= 15 is 0 Å². The maximum absolute atomic E-state index is 13.9. The van der Waals surface area contributed by atoms with Gasteiger partial charge in [0.05, 0.1) is 16.6 Å². The summed E-state index contributed by atoms with van der Waals surface area (Å²) in [5, 5.41) is -0.286. The van der Waals surface area contributed by atoms with E-state index in [-0.39, 0.29) is 16.6 Å². The number of anilines is 1. The quantitative estimate of drug-likeness (QED) is 0.764. The van der Waals surface area contributed by atoms with Crippen molar-refractivity contribution in [1.29, 1.82) is 0 Å². The van der Waals surface area contributed by atoms with Crippen LogP contribution in [0.15, 0.2) is 41.4 Å². The summed E-state index contributed by atoms with van der Waals surface area (Å²) in [6.45, 7) is 1.66. The minimum absolute atomic E-state index is 0.00717. The van der Waals surface area contributed by atoms with Gasteiger partial charge in [-0.3, -0.25) is 4.72 Å². The number of benzene rings is 2. The Morgan fingerprint density at radius 1 is 1.04 bits per heavy atom. The van der Waals surface area contributed by atoms with E-state index in [2.05, 4.69) is 9.71 Å². The Hall–Kier alpha value is -2.48. The highest BCUT2D eigenvalue weighted by molar-refractivity contribution is 7.93. The molecule has 0 saturated carbocycles. The van der Waals surface area contributed by atoms with Gasteiger partial charge in [-0.05, 0) is 30.7 Å². The first-order valence-electron chi connectivity index (χ1n) is 6.53. The predicted molar refractivity (Wildman–Crippen MR) is 80.2 cm³/mol. The van der Waals surface area contributed by atoms with Gasteiger partial charge in [0.25, 0.3) is 10.0 Å². The van der Waals surface area contributed by atoms with Crippen LogP contribution in [0.5, 0.6) is 0 Å². The van der Waals surface area contributed by atoms with E-state index in [0.29, 0.717) is 11.6 Å². The van der Waals surface area contributed by atoms with E-state index in [0.717, 1.165) is 12.3 Å². The summed E-state index contributed by atoms with van der Waals surface area (Å²) >= 11 is 0. The van der Waals surface area contributed by atoms with Crippen LogP contribution in [-0.2, 0) is 10.0 Å². The smallest absolute Gasteiger partial charge is 0.264 e. The first-order chi connectivity index (χ1) is 10.8. The van der Waals surface area contributed by atoms with Crippen LogP contribution < -0.4 is 4.72 Å². The van der Waals surface area contributed by atoms with Gasteiger partial charge in [0.2, 0.25) is 0 Å². The minimum atomic E-state index is -4.25. The molecule has 1 aromatic heterocycles. The monoisotopic (exact) mass is 340 g/mol. The number of H-pyrrole nitrogens is 1. The third-order valence-corrected chi connectivity index (χ3v) is 4.71. The third kappa shape index (κ3) is 2.77. The molecule has 0 atom stereocenters. The fourth-order valence-corrected chi connectivity index (χ4v) is 3.52. The first kappa shape index (κ1) is 15.4. The van der Waals surface area contributed by atoms with Crippen LogP contribution in [0, 0.1) is 24.4 Å². The number of nitrogens with one attached hydrogen (secondary N) is 2. The molecule has 0 bridgehead atoms. The molecule has 23 heavy (non-hydrogen) atoms. The molecule has 3 aromatic rings. The van der Waals surface area contributed by atoms with Crippen molar-refractivity contribution in [2.24, 2.45) is 0 Å². The minimum Gasteiger partial charge on any atom is -0.360 e. The molecule has 4 nitrogen and oxygen atoms in total. The molecule has 8 heteroatoms. The Morgan fingerprint density at radius 2 is 1.78 bits per heavy atom. The molecular formula is C15H11F3N2O2S. The van der Waals surface area contributed by atoms with Crippen molar-refractivity contribution in [1.82, 2.24) is 4.98 Å². The number of rotatable bonds is 3. The molecule has 0 fully saturated rings. The maximum Gasteiger partial charge on any atom is 0.264 e. The Balaban J connectivity index is 2.10. The fraction of sp³-hybridized carbons (Fsp3) is 0.0667. The zero-order valence-corrected chi connectivity index (χ0v) is 12.6. The molecule has 0 spiro atoms. The SMILES string of the molecule is Cc1ccc(NS(=O)(=O)c2c[nH]c3cc(F)cc(F)c23)c(F)c1. The third-order valence-electron chi connectivity index (χ3n) is 3.32. The van der Waals surface area contributed by atoms with Crippen LogP contribution in [0.3, 0.4) is 0 Å².